The van der Waals surface area contributed by atoms with E-state index in [-0.39, 0.29) is 41.7 Å². The molecule has 0 spiro atoms. The van der Waals surface area contributed by atoms with Gasteiger partial charge in [0.25, 0.3) is 0 Å². The van der Waals surface area contributed by atoms with E-state index in [1.807, 2.05) is 25.3 Å². The van der Waals surface area contributed by atoms with Gasteiger partial charge in [-0.15, -0.1) is 0 Å². The number of hydrogen-bond acceptors (Lipinski definition) is 4. The Hall–Kier alpha value is -2.40. The summed E-state index contributed by atoms with van der Waals surface area (Å²) in [5, 5.41) is 0. The zero-order valence-electron chi connectivity index (χ0n) is 21.6. The van der Waals surface area contributed by atoms with Crippen molar-refractivity contribution in [2.24, 2.45) is 35.5 Å². The van der Waals surface area contributed by atoms with Crippen LogP contribution < -0.4 is 0 Å². The van der Waals surface area contributed by atoms with E-state index in [1.54, 1.807) is 0 Å². The highest BCUT2D eigenvalue weighted by Gasteiger charge is 2.42. The number of allylic oxidation sites excluding steroid dienone is 5. The van der Waals surface area contributed by atoms with Crippen molar-refractivity contribution >= 4 is 11.8 Å². The van der Waals surface area contributed by atoms with Crippen LogP contribution in [0.2, 0.25) is 0 Å². The van der Waals surface area contributed by atoms with Gasteiger partial charge in [0, 0.05) is 18.0 Å². The topological polar surface area (TPSA) is 68.4 Å². The van der Waals surface area contributed by atoms with Crippen molar-refractivity contribution in [2.45, 2.75) is 71.5 Å². The normalized spacial score (nSPS) is 34.1. The van der Waals surface area contributed by atoms with Gasteiger partial charge in [-0.25, -0.2) is 0 Å². The lowest BCUT2D eigenvalue weighted by Crippen LogP contribution is -2.40. The fourth-order valence-corrected chi connectivity index (χ4v) is 6.44. The van der Waals surface area contributed by atoms with Crippen LogP contribution in [0, 0.1) is 35.5 Å². The number of fused-ring (bicyclic) bond motifs is 1. The van der Waals surface area contributed by atoms with Crippen LogP contribution in [0.25, 0.3) is 0 Å². The highest BCUT2D eigenvalue weighted by Crippen LogP contribution is 2.46. The average Bonchev–Trinajstić information content (AvgIpc) is 3.58. The molecule has 1 aliphatic heterocycles. The molecule has 1 N–H and O–H groups in total. The van der Waals surface area contributed by atoms with Crippen molar-refractivity contribution in [3.8, 4) is 0 Å². The summed E-state index contributed by atoms with van der Waals surface area (Å²) in [7, 11) is 1.44. The number of esters is 1. The Morgan fingerprint density at radius 2 is 2.06 bits per heavy atom. The number of carbonyl (C=O) groups excluding carboxylic acids is 2. The molecule has 2 fully saturated rings. The molecule has 0 amide bonds. The van der Waals surface area contributed by atoms with E-state index in [0.29, 0.717) is 23.4 Å². The number of methoxy groups -OCH3 is 1. The van der Waals surface area contributed by atoms with Gasteiger partial charge < -0.3 is 14.5 Å². The number of H-pyrrole nitrogens is 1. The van der Waals surface area contributed by atoms with Crippen molar-refractivity contribution < 1.29 is 19.1 Å². The summed E-state index contributed by atoms with van der Waals surface area (Å²) in [6.45, 7) is 6.28. The second-order valence-electron chi connectivity index (χ2n) is 10.6. The van der Waals surface area contributed by atoms with E-state index in [9.17, 15) is 9.59 Å². The molecule has 0 radical (unpaired) electrons. The number of nitrogens with one attached hydrogen (secondary N) is 1. The molecular weight excluding hydrogens is 438 g/mol. The Bertz CT molecular complexity index is 959. The van der Waals surface area contributed by atoms with Gasteiger partial charge in [-0.2, -0.15) is 0 Å². The molecule has 4 rings (SSSR count). The van der Waals surface area contributed by atoms with Crippen molar-refractivity contribution in [3.05, 3.63) is 60.0 Å². The molecule has 5 nitrogen and oxygen atoms in total. The molecule has 35 heavy (non-hydrogen) atoms. The molecule has 1 aromatic heterocycles. The van der Waals surface area contributed by atoms with E-state index < -0.39 is 0 Å². The monoisotopic (exact) mass is 479 g/mol. The van der Waals surface area contributed by atoms with Gasteiger partial charge >= 0.3 is 5.97 Å². The minimum atomic E-state index is -0.268. The highest BCUT2D eigenvalue weighted by molar-refractivity contribution is 5.97. The van der Waals surface area contributed by atoms with Crippen molar-refractivity contribution in [3.63, 3.8) is 0 Å². The van der Waals surface area contributed by atoms with Crippen LogP contribution in [-0.2, 0) is 14.3 Å². The third-order valence-electron chi connectivity index (χ3n) is 8.54. The Balaban J connectivity index is 1.52. The van der Waals surface area contributed by atoms with E-state index in [1.165, 1.54) is 25.5 Å². The Labute approximate surface area is 210 Å². The zero-order chi connectivity index (χ0) is 24.9. The predicted molar refractivity (Wildman–Crippen MR) is 138 cm³/mol. The molecule has 2 aliphatic carbocycles. The summed E-state index contributed by atoms with van der Waals surface area (Å²) in [5.41, 5.74) is 1.95. The lowest BCUT2D eigenvalue weighted by Gasteiger charge is -2.38. The lowest BCUT2D eigenvalue weighted by molar-refractivity contribution is -0.156. The third kappa shape index (κ3) is 5.55. The maximum atomic E-state index is 13.5. The SMILES string of the molecule is CC/C(=C\C=C\C1C=C[C@H]2CCC[C@@H]2[C@H]1C(=O)c1ccc[nH]1)C1O[C@H]([C@@H](C)C(=O)OC)CC[C@H]1C. The van der Waals surface area contributed by atoms with E-state index >= 15 is 0 Å². The summed E-state index contributed by atoms with van der Waals surface area (Å²) in [4.78, 5) is 28.7. The molecule has 0 aromatic carbocycles. The Kier molecular flexibility index (Phi) is 8.48. The molecule has 3 aliphatic rings. The number of rotatable bonds is 8. The molecule has 1 aromatic rings. The van der Waals surface area contributed by atoms with Gasteiger partial charge in [0.2, 0.25) is 0 Å². The highest BCUT2D eigenvalue weighted by atomic mass is 16.5. The lowest BCUT2D eigenvalue weighted by atomic mass is 9.69. The maximum absolute atomic E-state index is 13.5. The van der Waals surface area contributed by atoms with Gasteiger partial charge in [0.1, 0.15) is 0 Å². The first-order chi connectivity index (χ1) is 16.9. The largest absolute Gasteiger partial charge is 0.469 e. The number of carbonyl (C=O) groups is 2. The minimum absolute atomic E-state index is 0.00651. The Morgan fingerprint density at radius 1 is 1.23 bits per heavy atom. The number of aromatic amines is 1. The second-order valence-corrected chi connectivity index (χ2v) is 10.6. The van der Waals surface area contributed by atoms with Gasteiger partial charge in [-0.1, -0.05) is 50.6 Å². The number of ketones is 1. The standard InChI is InChI=1S/C30H41NO4/c1-5-21(29-19(2)14-17-26(35-29)20(3)30(33)34-4)9-6-11-23-16-15-22-10-7-12-24(22)27(23)28(32)25-13-8-18-31-25/h6,8-9,11,13,15-16,18-20,22-24,26-27,29,31H,5,7,10,12,14,17H2,1-4H3/b11-6+,21-9+/t19-,20-,22-,23?,24+,26+,27+,29?/m1/s1. The van der Waals surface area contributed by atoms with Gasteiger partial charge in [-0.05, 0) is 74.5 Å². The molecule has 1 saturated heterocycles. The fraction of sp³-hybridized carbons (Fsp3) is 0.600. The summed E-state index contributed by atoms with van der Waals surface area (Å²) in [6, 6.07) is 3.80. The quantitative estimate of drug-likeness (QED) is 0.206. The average molecular weight is 480 g/mol. The van der Waals surface area contributed by atoms with E-state index in [4.69, 9.17) is 9.47 Å². The van der Waals surface area contributed by atoms with Crippen LogP contribution >= 0.6 is 0 Å². The second kappa shape index (κ2) is 11.6. The number of aromatic nitrogens is 1. The predicted octanol–water partition coefficient (Wildman–Crippen LogP) is 6.30. The maximum Gasteiger partial charge on any atom is 0.311 e. The van der Waals surface area contributed by atoms with E-state index in [2.05, 4.69) is 49.2 Å². The summed E-state index contributed by atoms with van der Waals surface area (Å²) < 4.78 is 11.4. The van der Waals surface area contributed by atoms with Crippen molar-refractivity contribution in [1.82, 2.24) is 4.98 Å². The summed E-state index contributed by atoms with van der Waals surface area (Å²) in [5.74, 6) is 1.17. The van der Waals surface area contributed by atoms with E-state index in [0.717, 1.165) is 25.7 Å². The molecule has 2 heterocycles. The van der Waals surface area contributed by atoms with Crippen LogP contribution in [-0.4, -0.2) is 36.1 Å². The van der Waals surface area contributed by atoms with Crippen molar-refractivity contribution in [2.75, 3.05) is 7.11 Å². The number of Topliss-reactive ketones (excluding diaryl/α,β-unsaturated/α-hetero) is 1. The molecule has 1 saturated carbocycles. The molecule has 8 atom stereocenters. The first-order valence-corrected chi connectivity index (χ1v) is 13.4. The number of ether oxygens (including phenoxy) is 2. The van der Waals surface area contributed by atoms with Gasteiger partial charge in [0.15, 0.2) is 5.78 Å². The molecule has 190 valence electrons. The zero-order valence-corrected chi connectivity index (χ0v) is 21.6. The van der Waals surface area contributed by atoms with Gasteiger partial charge in [0.05, 0.1) is 30.9 Å². The summed E-state index contributed by atoms with van der Waals surface area (Å²) >= 11 is 0. The van der Waals surface area contributed by atoms with Crippen LogP contribution in [0.5, 0.6) is 0 Å². The van der Waals surface area contributed by atoms with Crippen LogP contribution in [0.4, 0.5) is 0 Å². The Morgan fingerprint density at radius 3 is 2.77 bits per heavy atom. The van der Waals surface area contributed by atoms with Crippen LogP contribution in [0.1, 0.15) is 69.8 Å². The summed E-state index contributed by atoms with van der Waals surface area (Å²) in [6.07, 6.45) is 19.1. The molecule has 0 bridgehead atoms. The molecule has 2 unspecified atom stereocenters. The molecule has 5 heteroatoms. The van der Waals surface area contributed by atoms with Crippen LogP contribution in [0.15, 0.2) is 54.3 Å². The van der Waals surface area contributed by atoms with Crippen molar-refractivity contribution in [1.29, 1.82) is 0 Å². The van der Waals surface area contributed by atoms with Crippen LogP contribution in [0.3, 0.4) is 0 Å². The fourth-order valence-electron chi connectivity index (χ4n) is 6.44. The smallest absolute Gasteiger partial charge is 0.311 e. The number of hydrogen-bond donors (Lipinski definition) is 1. The first-order valence-electron chi connectivity index (χ1n) is 13.4. The minimum Gasteiger partial charge on any atom is -0.469 e. The molecular formula is C30H41NO4. The van der Waals surface area contributed by atoms with Gasteiger partial charge in [-0.3, -0.25) is 9.59 Å². The third-order valence-corrected chi connectivity index (χ3v) is 8.54. The first kappa shape index (κ1) is 25.7.